The highest BCUT2D eigenvalue weighted by Gasteiger charge is 2.40. The van der Waals surface area contributed by atoms with Crippen LogP contribution in [0.3, 0.4) is 0 Å². The number of carbonyl (C=O) groups excluding carboxylic acids is 3. The maximum atomic E-state index is 13.4. The zero-order valence-electron chi connectivity index (χ0n) is 19.0. The molecule has 2 aromatic carbocycles. The molecule has 178 valence electrons. The first kappa shape index (κ1) is 22.9. The smallest absolute Gasteiger partial charge is 0.263 e. The fourth-order valence-corrected chi connectivity index (χ4v) is 5.63. The van der Waals surface area contributed by atoms with Crippen molar-refractivity contribution >= 4 is 35.0 Å². The van der Waals surface area contributed by atoms with Gasteiger partial charge in [-0.05, 0) is 49.4 Å². The zero-order chi connectivity index (χ0) is 23.8. The lowest BCUT2D eigenvalue weighted by molar-refractivity contribution is -0.137. The number of aliphatic hydroxyl groups is 1. The molecular weight excluding hydrogens is 454 g/mol. The number of imide groups is 1. The SMILES string of the molecule is O=C1c2cccc(N3CCC(C(=O)N4CCC[C@H]4CO)CC3)c2C(=O)N1Cc1ccccc1Cl. The number of benzene rings is 2. The van der Waals surface area contributed by atoms with Gasteiger partial charge in [0.1, 0.15) is 0 Å². The first-order chi connectivity index (χ1) is 16.5. The monoisotopic (exact) mass is 481 g/mol. The number of rotatable bonds is 5. The number of anilines is 1. The highest BCUT2D eigenvalue weighted by atomic mass is 35.5. The predicted octanol–water partition coefficient (Wildman–Crippen LogP) is 3.34. The van der Waals surface area contributed by atoms with Gasteiger partial charge in [0.05, 0.1) is 36.0 Å². The second kappa shape index (κ2) is 9.39. The van der Waals surface area contributed by atoms with E-state index in [2.05, 4.69) is 4.90 Å². The fraction of sp³-hybridized carbons (Fsp3) is 0.423. The van der Waals surface area contributed by atoms with Gasteiger partial charge in [-0.3, -0.25) is 19.3 Å². The largest absolute Gasteiger partial charge is 0.394 e. The number of carbonyl (C=O) groups is 3. The van der Waals surface area contributed by atoms with Crippen LogP contribution in [0.5, 0.6) is 0 Å². The number of hydrogen-bond acceptors (Lipinski definition) is 5. The molecule has 0 aromatic heterocycles. The molecule has 0 bridgehead atoms. The Balaban J connectivity index is 1.31. The van der Waals surface area contributed by atoms with Gasteiger partial charge in [0.25, 0.3) is 11.8 Å². The Kier molecular flexibility index (Phi) is 6.32. The molecule has 3 aliphatic heterocycles. The summed E-state index contributed by atoms with van der Waals surface area (Å²) in [7, 11) is 0. The van der Waals surface area contributed by atoms with Gasteiger partial charge < -0.3 is 14.9 Å². The van der Waals surface area contributed by atoms with Crippen molar-refractivity contribution in [2.45, 2.75) is 38.3 Å². The average molecular weight is 482 g/mol. The van der Waals surface area contributed by atoms with Gasteiger partial charge in [-0.1, -0.05) is 35.9 Å². The third kappa shape index (κ3) is 3.97. The standard InChI is InChI=1S/C26H28ClN3O4/c27-21-8-2-1-5-18(21)15-30-25(33)20-7-3-9-22(23(20)26(30)34)28-13-10-17(11-14-28)24(32)29-12-4-6-19(29)16-31/h1-3,5,7-9,17,19,31H,4,6,10-16H2/t19-/m0/s1. The Morgan fingerprint density at radius 3 is 2.47 bits per heavy atom. The summed E-state index contributed by atoms with van der Waals surface area (Å²) in [6.45, 7) is 2.13. The van der Waals surface area contributed by atoms with Gasteiger partial charge in [-0.2, -0.15) is 0 Å². The van der Waals surface area contributed by atoms with Crippen molar-refractivity contribution in [2.75, 3.05) is 31.1 Å². The lowest BCUT2D eigenvalue weighted by Gasteiger charge is -2.36. The predicted molar refractivity (Wildman–Crippen MR) is 129 cm³/mol. The fourth-order valence-electron chi connectivity index (χ4n) is 5.44. The summed E-state index contributed by atoms with van der Waals surface area (Å²) < 4.78 is 0. The molecule has 0 spiro atoms. The minimum absolute atomic E-state index is 0.0154. The summed E-state index contributed by atoms with van der Waals surface area (Å²) in [6.07, 6.45) is 3.16. The lowest BCUT2D eigenvalue weighted by atomic mass is 9.93. The number of aliphatic hydroxyl groups excluding tert-OH is 1. The summed E-state index contributed by atoms with van der Waals surface area (Å²) >= 11 is 6.26. The van der Waals surface area contributed by atoms with Crippen LogP contribution >= 0.6 is 11.6 Å². The molecule has 2 aromatic rings. The van der Waals surface area contributed by atoms with Gasteiger partial charge in [-0.15, -0.1) is 0 Å². The molecule has 3 aliphatic rings. The van der Waals surface area contributed by atoms with Gasteiger partial charge >= 0.3 is 0 Å². The molecule has 1 N–H and O–H groups in total. The molecule has 3 amide bonds. The van der Waals surface area contributed by atoms with Gasteiger partial charge in [0, 0.05) is 30.6 Å². The van der Waals surface area contributed by atoms with Crippen LogP contribution in [0.25, 0.3) is 0 Å². The summed E-state index contributed by atoms with van der Waals surface area (Å²) in [6, 6.07) is 12.5. The van der Waals surface area contributed by atoms with E-state index in [1.54, 1.807) is 12.1 Å². The summed E-state index contributed by atoms with van der Waals surface area (Å²) in [5.74, 6) is -0.562. The van der Waals surface area contributed by atoms with E-state index in [0.717, 1.165) is 24.1 Å². The Hall–Kier alpha value is -2.90. The maximum Gasteiger partial charge on any atom is 0.263 e. The number of likely N-dealkylation sites (tertiary alicyclic amines) is 1. The van der Waals surface area contributed by atoms with Crippen molar-refractivity contribution in [1.29, 1.82) is 0 Å². The Bertz CT molecular complexity index is 1130. The van der Waals surface area contributed by atoms with Crippen molar-refractivity contribution in [2.24, 2.45) is 5.92 Å². The van der Waals surface area contributed by atoms with Gasteiger partial charge in [-0.25, -0.2) is 0 Å². The Labute approximate surface area is 203 Å². The minimum atomic E-state index is -0.309. The number of nitrogens with zero attached hydrogens (tertiary/aromatic N) is 3. The van der Waals surface area contributed by atoms with E-state index in [0.29, 0.717) is 48.6 Å². The molecule has 34 heavy (non-hydrogen) atoms. The number of piperidine rings is 1. The third-order valence-electron chi connectivity index (χ3n) is 7.32. The van der Waals surface area contributed by atoms with Crippen LogP contribution in [0.2, 0.25) is 5.02 Å². The van der Waals surface area contributed by atoms with Crippen LogP contribution in [-0.2, 0) is 11.3 Å². The molecule has 0 aliphatic carbocycles. The van der Waals surface area contributed by atoms with E-state index in [9.17, 15) is 19.5 Å². The topological polar surface area (TPSA) is 81.2 Å². The minimum Gasteiger partial charge on any atom is -0.394 e. The molecule has 8 heteroatoms. The second-order valence-corrected chi connectivity index (χ2v) is 9.67. The van der Waals surface area contributed by atoms with Crippen LogP contribution < -0.4 is 4.90 Å². The summed E-state index contributed by atoms with van der Waals surface area (Å²) in [4.78, 5) is 44.7. The van der Waals surface area contributed by atoms with E-state index in [4.69, 9.17) is 11.6 Å². The van der Waals surface area contributed by atoms with Crippen LogP contribution in [0.15, 0.2) is 42.5 Å². The first-order valence-corrected chi connectivity index (χ1v) is 12.3. The molecule has 7 nitrogen and oxygen atoms in total. The van der Waals surface area contributed by atoms with Crippen LogP contribution in [-0.4, -0.2) is 64.9 Å². The summed E-state index contributed by atoms with van der Waals surface area (Å²) in [5.41, 5.74) is 2.32. The van der Waals surface area contributed by atoms with E-state index < -0.39 is 0 Å². The third-order valence-corrected chi connectivity index (χ3v) is 7.69. The number of fused-ring (bicyclic) bond motifs is 1. The van der Waals surface area contributed by atoms with Crippen LogP contribution in [0.4, 0.5) is 5.69 Å². The quantitative estimate of drug-likeness (QED) is 0.662. The van der Waals surface area contributed by atoms with E-state index >= 15 is 0 Å². The maximum absolute atomic E-state index is 13.4. The molecule has 3 heterocycles. The number of hydrogen-bond donors (Lipinski definition) is 1. The van der Waals surface area contributed by atoms with Crippen molar-refractivity contribution < 1.29 is 19.5 Å². The highest BCUT2D eigenvalue weighted by molar-refractivity contribution is 6.31. The van der Waals surface area contributed by atoms with E-state index in [1.807, 2.05) is 35.2 Å². The van der Waals surface area contributed by atoms with E-state index in [1.165, 1.54) is 4.90 Å². The van der Waals surface area contributed by atoms with Crippen molar-refractivity contribution in [3.63, 3.8) is 0 Å². The lowest BCUT2D eigenvalue weighted by Crippen LogP contribution is -2.45. The molecule has 5 rings (SSSR count). The second-order valence-electron chi connectivity index (χ2n) is 9.26. The molecule has 0 radical (unpaired) electrons. The Morgan fingerprint density at radius 2 is 1.74 bits per heavy atom. The molecule has 2 fully saturated rings. The zero-order valence-corrected chi connectivity index (χ0v) is 19.7. The number of amides is 3. The number of halogens is 1. The first-order valence-electron chi connectivity index (χ1n) is 11.9. The molecule has 1 atom stereocenters. The highest BCUT2D eigenvalue weighted by Crippen LogP contribution is 2.35. The normalized spacial score (nSPS) is 20.9. The average Bonchev–Trinajstić information content (AvgIpc) is 3.44. The van der Waals surface area contributed by atoms with Gasteiger partial charge in [0.15, 0.2) is 0 Å². The van der Waals surface area contributed by atoms with Crippen LogP contribution in [0.1, 0.15) is 52.0 Å². The van der Waals surface area contributed by atoms with Crippen LogP contribution in [0, 0.1) is 5.92 Å². The molecule has 2 saturated heterocycles. The Morgan fingerprint density at radius 1 is 0.971 bits per heavy atom. The summed E-state index contributed by atoms with van der Waals surface area (Å²) in [5, 5.41) is 10.1. The van der Waals surface area contributed by atoms with Crippen molar-refractivity contribution in [1.82, 2.24) is 9.80 Å². The molecular formula is C26H28ClN3O4. The molecule has 0 saturated carbocycles. The van der Waals surface area contributed by atoms with E-state index in [-0.39, 0.29) is 42.8 Å². The van der Waals surface area contributed by atoms with Crippen molar-refractivity contribution in [3.05, 3.63) is 64.2 Å². The molecule has 0 unspecified atom stereocenters. The van der Waals surface area contributed by atoms with Crippen molar-refractivity contribution in [3.8, 4) is 0 Å². The van der Waals surface area contributed by atoms with Gasteiger partial charge in [0.2, 0.25) is 5.91 Å².